The Balaban J connectivity index is 2.44. The number of likely N-dealkylation sites (tertiary alicyclic amines) is 1. The summed E-state index contributed by atoms with van der Waals surface area (Å²) >= 11 is 0. The van der Waals surface area contributed by atoms with Crippen molar-refractivity contribution in [2.45, 2.75) is 6.42 Å². The highest BCUT2D eigenvalue weighted by Gasteiger charge is 2.24. The van der Waals surface area contributed by atoms with Gasteiger partial charge in [-0.15, -0.1) is 0 Å². The summed E-state index contributed by atoms with van der Waals surface area (Å²) in [5.74, 6) is -0.271. The van der Waals surface area contributed by atoms with Gasteiger partial charge in [0.15, 0.2) is 12.1 Å². The molecule has 56 valence electrons. The second-order valence-corrected chi connectivity index (χ2v) is 2.77. The van der Waals surface area contributed by atoms with Gasteiger partial charge in [0.1, 0.15) is 0 Å². The predicted molar refractivity (Wildman–Crippen MR) is 36.7 cm³/mol. The van der Waals surface area contributed by atoms with Crippen LogP contribution in [0.4, 0.5) is 0 Å². The largest absolute Gasteiger partial charge is 0.306 e. The van der Waals surface area contributed by atoms with E-state index in [1.165, 1.54) is 0 Å². The quantitative estimate of drug-likeness (QED) is 0.391. The van der Waals surface area contributed by atoms with Crippen LogP contribution in [0.5, 0.6) is 0 Å². The first kappa shape index (κ1) is 7.41. The van der Waals surface area contributed by atoms with Crippen LogP contribution in [0.1, 0.15) is 6.42 Å². The van der Waals surface area contributed by atoms with Crippen LogP contribution in [0.2, 0.25) is 0 Å². The van der Waals surface area contributed by atoms with Crippen LogP contribution in [-0.2, 0) is 9.59 Å². The lowest BCUT2D eigenvalue weighted by Gasteiger charge is -2.04. The Bertz CT molecular complexity index is 156. The molecule has 0 aromatic rings. The van der Waals surface area contributed by atoms with Crippen molar-refractivity contribution in [2.24, 2.45) is 5.92 Å². The molecule has 3 nitrogen and oxygen atoms in total. The molecule has 1 fully saturated rings. The van der Waals surface area contributed by atoms with Crippen LogP contribution >= 0.6 is 0 Å². The lowest BCUT2D eigenvalue weighted by atomic mass is 10.1. The van der Waals surface area contributed by atoms with Gasteiger partial charge in [-0.25, -0.2) is 0 Å². The molecule has 0 aromatic heterocycles. The summed E-state index contributed by atoms with van der Waals surface area (Å²) in [6, 6.07) is 0. The van der Waals surface area contributed by atoms with Crippen molar-refractivity contribution in [3.05, 3.63) is 0 Å². The summed E-state index contributed by atoms with van der Waals surface area (Å²) in [7, 11) is 1.96. The lowest BCUT2D eigenvalue weighted by Crippen LogP contribution is -2.20. The van der Waals surface area contributed by atoms with E-state index >= 15 is 0 Å². The van der Waals surface area contributed by atoms with E-state index in [0.717, 1.165) is 19.5 Å². The molecular weight excluding hydrogens is 130 g/mol. The monoisotopic (exact) mass is 141 g/mol. The number of hydrogen-bond donors (Lipinski definition) is 0. The van der Waals surface area contributed by atoms with E-state index in [9.17, 15) is 9.59 Å². The van der Waals surface area contributed by atoms with Gasteiger partial charge >= 0.3 is 0 Å². The van der Waals surface area contributed by atoms with E-state index in [0.29, 0.717) is 6.29 Å². The van der Waals surface area contributed by atoms with Crippen molar-refractivity contribution in [1.82, 2.24) is 4.90 Å². The third kappa shape index (κ3) is 1.42. The second kappa shape index (κ2) is 2.92. The number of carbonyl (C=O) groups excluding carboxylic acids is 2. The van der Waals surface area contributed by atoms with Gasteiger partial charge in [0.25, 0.3) is 0 Å². The summed E-state index contributed by atoms with van der Waals surface area (Å²) < 4.78 is 0. The van der Waals surface area contributed by atoms with Crippen LogP contribution < -0.4 is 0 Å². The molecule has 1 rings (SSSR count). The molecule has 0 radical (unpaired) electrons. The fraction of sp³-hybridized carbons (Fsp3) is 0.714. The molecule has 1 saturated heterocycles. The van der Waals surface area contributed by atoms with Crippen LogP contribution in [0.3, 0.4) is 0 Å². The van der Waals surface area contributed by atoms with Crippen molar-refractivity contribution in [3.8, 4) is 0 Å². The molecule has 0 aromatic carbocycles. The van der Waals surface area contributed by atoms with Crippen molar-refractivity contribution < 1.29 is 9.59 Å². The Kier molecular flexibility index (Phi) is 2.17. The number of carbonyl (C=O) groups is 2. The summed E-state index contributed by atoms with van der Waals surface area (Å²) in [5, 5.41) is 0. The zero-order valence-electron chi connectivity index (χ0n) is 6.04. The molecule has 1 atom stereocenters. The Morgan fingerprint density at radius 1 is 1.70 bits per heavy atom. The van der Waals surface area contributed by atoms with Gasteiger partial charge in [-0.05, 0) is 20.0 Å². The topological polar surface area (TPSA) is 37.4 Å². The summed E-state index contributed by atoms with van der Waals surface area (Å²) in [6.07, 6.45) is 1.28. The smallest absolute Gasteiger partial charge is 0.199 e. The highest BCUT2D eigenvalue weighted by molar-refractivity contribution is 6.26. The maximum atomic E-state index is 10.8. The van der Waals surface area contributed by atoms with E-state index in [1.807, 2.05) is 7.05 Å². The molecule has 3 heteroatoms. The molecule has 0 aliphatic carbocycles. The Labute approximate surface area is 60.0 Å². The Morgan fingerprint density at radius 3 is 2.80 bits per heavy atom. The first-order chi connectivity index (χ1) is 4.74. The standard InChI is InChI=1S/C7H11NO2/c1-8-3-2-6(4-8)7(10)5-9/h5-6H,2-4H2,1H3. The molecule has 0 saturated carbocycles. The van der Waals surface area contributed by atoms with Crippen molar-refractivity contribution in [1.29, 1.82) is 0 Å². The number of ketones is 1. The maximum absolute atomic E-state index is 10.8. The van der Waals surface area contributed by atoms with Gasteiger partial charge < -0.3 is 4.90 Å². The number of hydrogen-bond acceptors (Lipinski definition) is 3. The van der Waals surface area contributed by atoms with Gasteiger partial charge in [-0.1, -0.05) is 0 Å². The number of Topliss-reactive ketones (excluding diaryl/α,β-unsaturated/α-hetero) is 1. The minimum atomic E-state index is -0.246. The van der Waals surface area contributed by atoms with Crippen LogP contribution in [0, 0.1) is 5.92 Å². The minimum Gasteiger partial charge on any atom is -0.306 e. The third-order valence-electron chi connectivity index (χ3n) is 1.91. The molecule has 0 spiro atoms. The Morgan fingerprint density at radius 2 is 2.40 bits per heavy atom. The van der Waals surface area contributed by atoms with Gasteiger partial charge in [-0.3, -0.25) is 9.59 Å². The van der Waals surface area contributed by atoms with Gasteiger partial charge in [0, 0.05) is 12.5 Å². The minimum absolute atomic E-state index is 0.0255. The highest BCUT2D eigenvalue weighted by atomic mass is 16.2. The van der Waals surface area contributed by atoms with Crippen molar-refractivity contribution >= 4 is 12.1 Å². The summed E-state index contributed by atoms with van der Waals surface area (Å²) in [4.78, 5) is 22.9. The predicted octanol–water partition coefficient (Wildman–Crippen LogP) is -0.294. The van der Waals surface area contributed by atoms with E-state index in [2.05, 4.69) is 4.90 Å². The van der Waals surface area contributed by atoms with Crippen LogP contribution in [-0.4, -0.2) is 37.1 Å². The van der Waals surface area contributed by atoms with Crippen LogP contribution in [0.15, 0.2) is 0 Å². The molecule has 1 aliphatic heterocycles. The van der Waals surface area contributed by atoms with Crippen LogP contribution in [0.25, 0.3) is 0 Å². The first-order valence-corrected chi connectivity index (χ1v) is 3.41. The third-order valence-corrected chi connectivity index (χ3v) is 1.91. The number of nitrogens with zero attached hydrogens (tertiary/aromatic N) is 1. The zero-order chi connectivity index (χ0) is 7.56. The molecule has 0 N–H and O–H groups in total. The molecule has 1 aliphatic rings. The van der Waals surface area contributed by atoms with E-state index in [1.54, 1.807) is 0 Å². The SMILES string of the molecule is CN1CCC(C(=O)C=O)C1. The second-order valence-electron chi connectivity index (χ2n) is 2.77. The highest BCUT2D eigenvalue weighted by Crippen LogP contribution is 2.13. The van der Waals surface area contributed by atoms with Gasteiger partial charge in [-0.2, -0.15) is 0 Å². The maximum Gasteiger partial charge on any atom is 0.199 e. The van der Waals surface area contributed by atoms with Crippen molar-refractivity contribution in [3.63, 3.8) is 0 Å². The summed E-state index contributed by atoms with van der Waals surface area (Å²) in [5.41, 5.74) is 0. The molecule has 1 heterocycles. The van der Waals surface area contributed by atoms with E-state index in [4.69, 9.17) is 0 Å². The fourth-order valence-electron chi connectivity index (χ4n) is 1.26. The van der Waals surface area contributed by atoms with Gasteiger partial charge in [0.2, 0.25) is 0 Å². The molecule has 0 amide bonds. The first-order valence-electron chi connectivity index (χ1n) is 3.41. The molecule has 10 heavy (non-hydrogen) atoms. The van der Waals surface area contributed by atoms with Gasteiger partial charge in [0.05, 0.1) is 0 Å². The zero-order valence-corrected chi connectivity index (χ0v) is 6.04. The average Bonchev–Trinajstić information content (AvgIpc) is 2.34. The Hall–Kier alpha value is -0.700. The molecule has 1 unspecified atom stereocenters. The average molecular weight is 141 g/mol. The van der Waals surface area contributed by atoms with E-state index in [-0.39, 0.29) is 11.7 Å². The number of aldehydes is 1. The molecule has 0 bridgehead atoms. The van der Waals surface area contributed by atoms with Crippen molar-refractivity contribution in [2.75, 3.05) is 20.1 Å². The summed E-state index contributed by atoms with van der Waals surface area (Å²) in [6.45, 7) is 1.68. The number of rotatable bonds is 2. The lowest BCUT2D eigenvalue weighted by molar-refractivity contribution is -0.132. The van der Waals surface area contributed by atoms with E-state index < -0.39 is 0 Å². The fourth-order valence-corrected chi connectivity index (χ4v) is 1.26. The normalized spacial score (nSPS) is 26.7. The molecular formula is C7H11NO2.